The number of alkyl halides is 2. The molecule has 2 N–H and O–H groups in total. The SMILES string of the molecule is [B]CN1CCC(C2CCN(c3ncc(NC4CCC(=O)NC4=O)o3)CC2)C(F)(F)C1. The summed E-state index contributed by atoms with van der Waals surface area (Å²) in [5.41, 5.74) is 0. The molecule has 3 fully saturated rings. The van der Waals surface area contributed by atoms with Gasteiger partial charge in [0, 0.05) is 25.4 Å². The summed E-state index contributed by atoms with van der Waals surface area (Å²) in [7, 11) is 5.53. The molecule has 4 rings (SSSR count). The average Bonchev–Trinajstić information content (AvgIpc) is 3.18. The first kappa shape index (κ1) is 21.1. The van der Waals surface area contributed by atoms with E-state index in [1.165, 1.54) is 6.20 Å². The summed E-state index contributed by atoms with van der Waals surface area (Å²) in [6, 6.07) is -0.135. The molecular formula is C19H26BF2N5O3. The molecule has 1 aromatic rings. The van der Waals surface area contributed by atoms with Crippen molar-refractivity contribution in [3.63, 3.8) is 0 Å². The summed E-state index contributed by atoms with van der Waals surface area (Å²) >= 11 is 0. The minimum absolute atomic E-state index is 0.0350. The molecule has 3 saturated heterocycles. The maximum Gasteiger partial charge on any atom is 0.299 e. The number of hydrogen-bond acceptors (Lipinski definition) is 7. The number of halogens is 2. The second-order valence-corrected chi connectivity index (χ2v) is 8.37. The van der Waals surface area contributed by atoms with Gasteiger partial charge in [-0.1, -0.05) is 0 Å². The highest BCUT2D eigenvalue weighted by atomic mass is 19.3. The Morgan fingerprint density at radius 2 is 2.00 bits per heavy atom. The van der Waals surface area contributed by atoms with Crippen LogP contribution in [0.5, 0.6) is 0 Å². The summed E-state index contributed by atoms with van der Waals surface area (Å²) in [6.45, 7) is 1.54. The van der Waals surface area contributed by atoms with E-state index in [9.17, 15) is 18.4 Å². The Bertz CT molecular complexity index is 784. The van der Waals surface area contributed by atoms with Crippen LogP contribution in [0.2, 0.25) is 0 Å². The van der Waals surface area contributed by atoms with E-state index in [-0.39, 0.29) is 37.1 Å². The van der Waals surface area contributed by atoms with Crippen LogP contribution in [0.1, 0.15) is 32.1 Å². The molecule has 8 nitrogen and oxygen atoms in total. The zero-order valence-corrected chi connectivity index (χ0v) is 16.8. The second-order valence-electron chi connectivity index (χ2n) is 8.37. The molecule has 1 aromatic heterocycles. The average molecular weight is 421 g/mol. The Balaban J connectivity index is 1.31. The predicted octanol–water partition coefficient (Wildman–Crippen LogP) is 1.19. The predicted molar refractivity (Wildman–Crippen MR) is 106 cm³/mol. The third-order valence-electron chi connectivity index (χ3n) is 6.42. The van der Waals surface area contributed by atoms with Crippen LogP contribution < -0.4 is 15.5 Å². The molecule has 0 spiro atoms. The van der Waals surface area contributed by atoms with Gasteiger partial charge in [0.05, 0.1) is 20.6 Å². The molecular weight excluding hydrogens is 395 g/mol. The highest BCUT2D eigenvalue weighted by molar-refractivity contribution is 6.08. The molecule has 0 aliphatic carbocycles. The fourth-order valence-corrected chi connectivity index (χ4v) is 4.74. The summed E-state index contributed by atoms with van der Waals surface area (Å²) in [5, 5.41) is 5.24. The number of rotatable bonds is 5. The second kappa shape index (κ2) is 8.53. The zero-order valence-electron chi connectivity index (χ0n) is 16.8. The lowest BCUT2D eigenvalue weighted by atomic mass is 9.76. The molecule has 2 atom stereocenters. The summed E-state index contributed by atoms with van der Waals surface area (Å²) < 4.78 is 34.9. The topological polar surface area (TPSA) is 90.7 Å². The van der Waals surface area contributed by atoms with Gasteiger partial charge < -0.3 is 19.5 Å². The zero-order chi connectivity index (χ0) is 21.3. The van der Waals surface area contributed by atoms with Crippen molar-refractivity contribution in [3.05, 3.63) is 6.20 Å². The Hall–Kier alpha value is -2.17. The number of amides is 2. The summed E-state index contributed by atoms with van der Waals surface area (Å²) in [5.74, 6) is -3.68. The Labute approximate surface area is 175 Å². The van der Waals surface area contributed by atoms with Crippen molar-refractivity contribution < 1.29 is 22.8 Å². The van der Waals surface area contributed by atoms with Crippen LogP contribution in [0.25, 0.3) is 0 Å². The molecule has 30 heavy (non-hydrogen) atoms. The minimum atomic E-state index is -2.72. The van der Waals surface area contributed by atoms with Gasteiger partial charge in [-0.2, -0.15) is 4.98 Å². The first-order chi connectivity index (χ1) is 14.4. The van der Waals surface area contributed by atoms with E-state index in [1.54, 1.807) is 4.90 Å². The van der Waals surface area contributed by atoms with Crippen molar-refractivity contribution >= 4 is 31.6 Å². The van der Waals surface area contributed by atoms with Gasteiger partial charge in [0.25, 0.3) is 11.9 Å². The van der Waals surface area contributed by atoms with Crippen LogP contribution in [0.15, 0.2) is 10.6 Å². The van der Waals surface area contributed by atoms with Gasteiger partial charge in [0.15, 0.2) is 0 Å². The number of nitrogens with zero attached hydrogens (tertiary/aromatic N) is 3. The number of imide groups is 1. The standard InChI is InChI=1S/C19H26BF2N5O3/c20-11-26-6-5-13(19(21,22)10-26)12-3-7-27(8-4-12)18-23-9-16(30-18)24-14-1-2-15(28)25-17(14)29/h9,12-14,24H,1-8,10-11H2,(H,25,28,29). The lowest BCUT2D eigenvalue weighted by Crippen LogP contribution is -2.52. The Kier molecular flexibility index (Phi) is 5.99. The molecule has 0 bridgehead atoms. The van der Waals surface area contributed by atoms with Crippen LogP contribution in [-0.2, 0) is 9.59 Å². The fourth-order valence-electron chi connectivity index (χ4n) is 4.74. The van der Waals surface area contributed by atoms with Gasteiger partial charge in [0.1, 0.15) is 6.04 Å². The van der Waals surface area contributed by atoms with Crippen LogP contribution in [-0.4, -0.2) is 74.1 Å². The number of likely N-dealkylation sites (tertiary alicyclic amines) is 1. The molecule has 11 heteroatoms. The van der Waals surface area contributed by atoms with E-state index >= 15 is 0 Å². The third kappa shape index (κ3) is 4.45. The number of carbonyl (C=O) groups is 2. The summed E-state index contributed by atoms with van der Waals surface area (Å²) in [6.07, 6.45) is 4.11. The molecule has 3 aliphatic rings. The molecule has 2 radical (unpaired) electrons. The van der Waals surface area contributed by atoms with Gasteiger partial charge >= 0.3 is 0 Å². The monoisotopic (exact) mass is 421 g/mol. The molecule has 4 heterocycles. The number of carbonyl (C=O) groups excluding carboxylic acids is 2. The van der Waals surface area contributed by atoms with Gasteiger partial charge in [0.2, 0.25) is 17.7 Å². The highest BCUT2D eigenvalue weighted by Crippen LogP contribution is 2.42. The number of oxazole rings is 1. The number of nitrogens with one attached hydrogen (secondary N) is 2. The number of aromatic nitrogens is 1. The van der Waals surface area contributed by atoms with Crippen LogP contribution in [0, 0.1) is 11.8 Å². The first-order valence-electron chi connectivity index (χ1n) is 10.5. The van der Waals surface area contributed by atoms with E-state index in [0.29, 0.717) is 57.2 Å². The third-order valence-corrected chi connectivity index (χ3v) is 6.42. The van der Waals surface area contributed by atoms with E-state index in [0.717, 1.165) is 0 Å². The van der Waals surface area contributed by atoms with Crippen molar-refractivity contribution in [1.29, 1.82) is 0 Å². The Morgan fingerprint density at radius 3 is 2.67 bits per heavy atom. The van der Waals surface area contributed by atoms with Gasteiger partial charge in [-0.15, -0.1) is 0 Å². The lowest BCUT2D eigenvalue weighted by Gasteiger charge is -2.44. The van der Waals surface area contributed by atoms with Crippen LogP contribution in [0.4, 0.5) is 20.7 Å². The van der Waals surface area contributed by atoms with Crippen molar-refractivity contribution in [1.82, 2.24) is 15.2 Å². The number of hydrogen-bond donors (Lipinski definition) is 2. The molecule has 0 saturated carbocycles. The van der Waals surface area contributed by atoms with Gasteiger partial charge in [-0.05, 0) is 44.6 Å². The fraction of sp³-hybridized carbons (Fsp3) is 0.737. The molecule has 2 amide bonds. The minimum Gasteiger partial charge on any atom is -0.407 e. The molecule has 2 unspecified atom stereocenters. The van der Waals surface area contributed by atoms with Crippen LogP contribution >= 0.6 is 0 Å². The van der Waals surface area contributed by atoms with Gasteiger partial charge in [-0.25, -0.2) is 8.78 Å². The van der Waals surface area contributed by atoms with E-state index < -0.39 is 17.9 Å². The molecule has 162 valence electrons. The van der Waals surface area contributed by atoms with Gasteiger partial charge in [-0.3, -0.25) is 14.9 Å². The first-order valence-corrected chi connectivity index (χ1v) is 10.5. The molecule has 0 aromatic carbocycles. The van der Waals surface area contributed by atoms with E-state index in [2.05, 4.69) is 15.6 Å². The number of piperidine rings is 3. The Morgan fingerprint density at radius 1 is 1.23 bits per heavy atom. The lowest BCUT2D eigenvalue weighted by molar-refractivity contribution is -0.133. The highest BCUT2D eigenvalue weighted by Gasteiger charge is 2.48. The largest absolute Gasteiger partial charge is 0.407 e. The number of anilines is 2. The summed E-state index contributed by atoms with van der Waals surface area (Å²) in [4.78, 5) is 30.9. The van der Waals surface area contributed by atoms with Crippen molar-refractivity contribution in [2.24, 2.45) is 11.8 Å². The van der Waals surface area contributed by atoms with E-state index in [1.807, 2.05) is 4.90 Å². The van der Waals surface area contributed by atoms with Crippen molar-refractivity contribution in [2.45, 2.75) is 44.1 Å². The van der Waals surface area contributed by atoms with Crippen LogP contribution in [0.3, 0.4) is 0 Å². The smallest absolute Gasteiger partial charge is 0.299 e. The molecule has 3 aliphatic heterocycles. The maximum absolute atomic E-state index is 14.6. The maximum atomic E-state index is 14.6. The quantitative estimate of drug-likeness (QED) is 0.545. The van der Waals surface area contributed by atoms with Crippen molar-refractivity contribution in [3.8, 4) is 0 Å². The van der Waals surface area contributed by atoms with Crippen molar-refractivity contribution in [2.75, 3.05) is 42.8 Å². The normalized spacial score (nSPS) is 28.4. The van der Waals surface area contributed by atoms with E-state index in [4.69, 9.17) is 12.3 Å².